The molecular weight excluding hydrogens is 604 g/mol. The topological polar surface area (TPSA) is 52.2 Å². The first-order chi connectivity index (χ1) is 17.2. The van der Waals surface area contributed by atoms with Gasteiger partial charge in [-0.25, -0.2) is 9.48 Å². The van der Waals surface area contributed by atoms with Crippen LogP contribution < -0.4 is 5.69 Å². The van der Waals surface area contributed by atoms with Gasteiger partial charge < -0.3 is 0 Å². The molecule has 2 heterocycles. The van der Waals surface area contributed by atoms with Crippen LogP contribution >= 0.6 is 34.2 Å². The van der Waals surface area contributed by atoms with E-state index in [1.165, 1.54) is 26.9 Å². The number of halogens is 5. The standard InChI is InChI=1S/C26H17ClF3IN4O/c27-21-11-7-19(8-12-21)23-22(18-5-1-16(13-31)2-6-18)14-32-35-24(23)33-34(25(35)36)15-17-3-9-20(10-4-17)26(28,29)30/h1-12,14H,13,15H2. The van der Waals surface area contributed by atoms with Gasteiger partial charge >= 0.3 is 11.9 Å². The normalized spacial score (nSPS) is 11.8. The Morgan fingerprint density at radius 1 is 0.861 bits per heavy atom. The molecule has 3 aromatic carbocycles. The molecule has 182 valence electrons. The van der Waals surface area contributed by atoms with Gasteiger partial charge in [-0.15, -0.1) is 5.10 Å². The zero-order valence-corrected chi connectivity index (χ0v) is 21.4. The second-order valence-electron chi connectivity index (χ2n) is 8.14. The number of hydrogen-bond donors (Lipinski definition) is 0. The van der Waals surface area contributed by atoms with Crippen LogP contribution in [0.15, 0.2) is 83.8 Å². The van der Waals surface area contributed by atoms with E-state index in [9.17, 15) is 18.0 Å². The number of rotatable bonds is 5. The highest BCUT2D eigenvalue weighted by molar-refractivity contribution is 14.1. The first kappa shape index (κ1) is 24.5. The second-order valence-corrected chi connectivity index (χ2v) is 9.34. The van der Waals surface area contributed by atoms with Gasteiger partial charge in [0.2, 0.25) is 0 Å². The third kappa shape index (κ3) is 4.77. The Labute approximate surface area is 222 Å². The van der Waals surface area contributed by atoms with E-state index in [0.29, 0.717) is 21.8 Å². The van der Waals surface area contributed by atoms with E-state index in [0.717, 1.165) is 33.3 Å². The van der Waals surface area contributed by atoms with E-state index in [2.05, 4.69) is 32.8 Å². The molecule has 0 amide bonds. The largest absolute Gasteiger partial charge is 0.416 e. The van der Waals surface area contributed by atoms with Crippen LogP contribution in [-0.4, -0.2) is 19.4 Å². The summed E-state index contributed by atoms with van der Waals surface area (Å²) in [5, 5.41) is 9.47. The second kappa shape index (κ2) is 9.70. The number of hydrogen-bond acceptors (Lipinski definition) is 3. The summed E-state index contributed by atoms with van der Waals surface area (Å²) in [6.07, 6.45) is -2.80. The molecule has 0 aliphatic heterocycles. The molecule has 0 unspecified atom stereocenters. The monoisotopic (exact) mass is 620 g/mol. The Kier molecular flexibility index (Phi) is 6.60. The molecule has 5 rings (SSSR count). The van der Waals surface area contributed by atoms with Gasteiger partial charge in [0.05, 0.1) is 18.3 Å². The third-order valence-electron chi connectivity index (χ3n) is 5.78. The molecule has 0 radical (unpaired) electrons. The summed E-state index contributed by atoms with van der Waals surface area (Å²) >= 11 is 8.41. The number of aromatic nitrogens is 4. The molecule has 10 heteroatoms. The van der Waals surface area contributed by atoms with Crippen LogP contribution in [0.25, 0.3) is 27.9 Å². The summed E-state index contributed by atoms with van der Waals surface area (Å²) < 4.78 is 42.0. The Hall–Kier alpha value is -3.18. The smallest absolute Gasteiger partial charge is 0.244 e. The lowest BCUT2D eigenvalue weighted by atomic mass is 9.96. The minimum Gasteiger partial charge on any atom is -0.244 e. The molecule has 5 nitrogen and oxygen atoms in total. The predicted molar refractivity (Wildman–Crippen MR) is 141 cm³/mol. The average Bonchev–Trinajstić information content (AvgIpc) is 3.19. The van der Waals surface area contributed by atoms with Crippen LogP contribution in [0.1, 0.15) is 16.7 Å². The van der Waals surface area contributed by atoms with Gasteiger partial charge in [0, 0.05) is 20.6 Å². The minimum atomic E-state index is -4.43. The van der Waals surface area contributed by atoms with E-state index in [4.69, 9.17) is 11.6 Å². The Balaban J connectivity index is 1.65. The summed E-state index contributed by atoms with van der Waals surface area (Å²) in [6, 6.07) is 19.9. The van der Waals surface area contributed by atoms with Crippen LogP contribution in [0.3, 0.4) is 0 Å². The summed E-state index contributed by atoms with van der Waals surface area (Å²) in [6.45, 7) is 0.0000780. The fourth-order valence-electron chi connectivity index (χ4n) is 3.93. The van der Waals surface area contributed by atoms with E-state index in [1.807, 2.05) is 36.4 Å². The molecule has 0 fully saturated rings. The van der Waals surface area contributed by atoms with Gasteiger partial charge in [-0.3, -0.25) is 0 Å². The van der Waals surface area contributed by atoms with Crippen molar-refractivity contribution in [3.8, 4) is 22.3 Å². The average molecular weight is 621 g/mol. The van der Waals surface area contributed by atoms with Gasteiger partial charge in [0.1, 0.15) is 0 Å². The van der Waals surface area contributed by atoms with Crippen LogP contribution in [-0.2, 0) is 17.1 Å². The van der Waals surface area contributed by atoms with Crippen molar-refractivity contribution in [2.45, 2.75) is 17.1 Å². The van der Waals surface area contributed by atoms with Crippen LogP contribution in [0.5, 0.6) is 0 Å². The maximum atomic E-state index is 13.1. The van der Waals surface area contributed by atoms with Crippen molar-refractivity contribution < 1.29 is 13.2 Å². The molecule has 0 aliphatic carbocycles. The molecule has 5 aromatic rings. The molecule has 0 saturated carbocycles. The molecule has 0 bridgehead atoms. The lowest BCUT2D eigenvalue weighted by molar-refractivity contribution is -0.137. The van der Waals surface area contributed by atoms with E-state index >= 15 is 0 Å². The van der Waals surface area contributed by atoms with Crippen molar-refractivity contribution in [3.05, 3.63) is 111 Å². The van der Waals surface area contributed by atoms with Crippen molar-refractivity contribution in [2.75, 3.05) is 0 Å². The van der Waals surface area contributed by atoms with Crippen molar-refractivity contribution in [1.82, 2.24) is 19.4 Å². The molecule has 0 aliphatic rings. The SMILES string of the molecule is O=c1n(Cc2ccc(C(F)(F)F)cc2)nc2c(-c3ccc(Cl)cc3)c(-c3ccc(CI)cc3)cnn12. The zero-order chi connectivity index (χ0) is 25.4. The summed E-state index contributed by atoms with van der Waals surface area (Å²) in [4.78, 5) is 13.1. The molecule has 2 aromatic heterocycles. The van der Waals surface area contributed by atoms with Crippen LogP contribution in [0.2, 0.25) is 5.02 Å². The molecule has 0 N–H and O–H groups in total. The number of nitrogens with zero attached hydrogens (tertiary/aromatic N) is 4. The van der Waals surface area contributed by atoms with E-state index in [-0.39, 0.29) is 6.54 Å². The van der Waals surface area contributed by atoms with Gasteiger partial charge in [0.15, 0.2) is 5.65 Å². The van der Waals surface area contributed by atoms with Crippen molar-refractivity contribution in [2.24, 2.45) is 0 Å². The van der Waals surface area contributed by atoms with Gasteiger partial charge in [-0.05, 0) is 46.5 Å². The van der Waals surface area contributed by atoms with Crippen molar-refractivity contribution in [3.63, 3.8) is 0 Å². The highest BCUT2D eigenvalue weighted by Crippen LogP contribution is 2.35. The quantitative estimate of drug-likeness (QED) is 0.159. The molecule has 0 atom stereocenters. The maximum Gasteiger partial charge on any atom is 0.416 e. The predicted octanol–water partition coefficient (Wildman–Crippen LogP) is 6.88. The fourth-order valence-corrected chi connectivity index (χ4v) is 4.56. The molecular formula is C26H17ClF3IN4O. The Morgan fingerprint density at radius 2 is 1.47 bits per heavy atom. The number of benzene rings is 3. The number of fused-ring (bicyclic) bond motifs is 1. The minimum absolute atomic E-state index is 0.0000780. The number of alkyl halides is 4. The fraction of sp³-hybridized carbons (Fsp3) is 0.115. The van der Waals surface area contributed by atoms with Crippen LogP contribution in [0, 0.1) is 0 Å². The lowest BCUT2D eigenvalue weighted by Gasteiger charge is -2.11. The summed E-state index contributed by atoms with van der Waals surface area (Å²) in [5.74, 6) is 0. The van der Waals surface area contributed by atoms with Gasteiger partial charge in [-0.1, -0.05) is 82.7 Å². The van der Waals surface area contributed by atoms with Gasteiger partial charge in [-0.2, -0.15) is 22.8 Å². The Morgan fingerprint density at radius 3 is 2.08 bits per heavy atom. The van der Waals surface area contributed by atoms with Crippen molar-refractivity contribution >= 4 is 39.8 Å². The van der Waals surface area contributed by atoms with E-state index < -0.39 is 17.4 Å². The van der Waals surface area contributed by atoms with E-state index in [1.54, 1.807) is 18.3 Å². The highest BCUT2D eigenvalue weighted by atomic mass is 127. The molecule has 36 heavy (non-hydrogen) atoms. The van der Waals surface area contributed by atoms with Crippen molar-refractivity contribution in [1.29, 1.82) is 0 Å². The highest BCUT2D eigenvalue weighted by Gasteiger charge is 2.30. The Bertz CT molecular complexity index is 1590. The van der Waals surface area contributed by atoms with Crippen LogP contribution in [0.4, 0.5) is 13.2 Å². The first-order valence-electron chi connectivity index (χ1n) is 10.8. The lowest BCUT2D eigenvalue weighted by Crippen LogP contribution is -2.23. The maximum absolute atomic E-state index is 13.1. The summed E-state index contributed by atoms with van der Waals surface area (Å²) in [7, 11) is 0. The van der Waals surface area contributed by atoms with Gasteiger partial charge in [0.25, 0.3) is 0 Å². The molecule has 0 spiro atoms. The third-order valence-corrected chi connectivity index (χ3v) is 6.91. The molecule has 0 saturated heterocycles. The first-order valence-corrected chi connectivity index (χ1v) is 12.7. The summed E-state index contributed by atoms with van der Waals surface area (Å²) in [5.41, 5.74) is 3.98. The zero-order valence-electron chi connectivity index (χ0n) is 18.5.